The van der Waals surface area contributed by atoms with Gasteiger partial charge in [0.05, 0.1) is 17.0 Å². The molecule has 1 heterocycles. The predicted octanol–water partition coefficient (Wildman–Crippen LogP) is 4.13. The topological polar surface area (TPSA) is 93.4 Å². The largest absolute Gasteiger partial charge is 0.478 e. The van der Waals surface area contributed by atoms with Crippen LogP contribution in [0.2, 0.25) is 0 Å². The summed E-state index contributed by atoms with van der Waals surface area (Å²) in [5.41, 5.74) is 3.46. The standard InChI is InChI=1S/C25H21NO5S/c1-16-3-6-20(25(28)29)14-23(16)18-7-10-22-19(13-18)11-12-26(24(22)27)15-17-4-8-21(9-5-17)32(2,30)31/h3-14H,15H2,1-2H3,(H,28,29). The first-order chi connectivity index (χ1) is 15.1. The van der Waals surface area contributed by atoms with E-state index < -0.39 is 15.8 Å². The average Bonchev–Trinajstić information content (AvgIpc) is 2.75. The van der Waals surface area contributed by atoms with Crippen molar-refractivity contribution in [1.82, 2.24) is 4.57 Å². The first kappa shape index (κ1) is 21.5. The molecule has 0 aliphatic carbocycles. The van der Waals surface area contributed by atoms with Crippen LogP contribution < -0.4 is 5.56 Å². The molecule has 3 aromatic carbocycles. The molecule has 0 unspecified atom stereocenters. The zero-order chi connectivity index (χ0) is 23.0. The Bertz CT molecular complexity index is 1520. The lowest BCUT2D eigenvalue weighted by Crippen LogP contribution is -2.20. The van der Waals surface area contributed by atoms with Crippen LogP contribution in [0.1, 0.15) is 21.5 Å². The minimum Gasteiger partial charge on any atom is -0.478 e. The van der Waals surface area contributed by atoms with Crippen molar-refractivity contribution in [2.75, 3.05) is 6.26 Å². The molecule has 32 heavy (non-hydrogen) atoms. The van der Waals surface area contributed by atoms with Crippen molar-refractivity contribution in [3.63, 3.8) is 0 Å². The number of carboxylic acids is 1. The Morgan fingerprint density at radius 2 is 1.69 bits per heavy atom. The maximum atomic E-state index is 13.0. The molecule has 7 heteroatoms. The van der Waals surface area contributed by atoms with Gasteiger partial charge in [0.1, 0.15) is 0 Å². The van der Waals surface area contributed by atoms with Crippen LogP contribution in [-0.4, -0.2) is 30.3 Å². The second-order valence-corrected chi connectivity index (χ2v) is 9.82. The highest BCUT2D eigenvalue weighted by atomic mass is 32.2. The van der Waals surface area contributed by atoms with E-state index in [1.807, 2.05) is 25.1 Å². The molecular weight excluding hydrogens is 426 g/mol. The van der Waals surface area contributed by atoms with Crippen LogP contribution in [-0.2, 0) is 16.4 Å². The van der Waals surface area contributed by atoms with Crippen LogP contribution in [0, 0.1) is 6.92 Å². The van der Waals surface area contributed by atoms with Crippen molar-refractivity contribution >= 4 is 26.6 Å². The van der Waals surface area contributed by atoms with Crippen molar-refractivity contribution in [2.24, 2.45) is 0 Å². The highest BCUT2D eigenvalue weighted by Crippen LogP contribution is 2.27. The summed E-state index contributed by atoms with van der Waals surface area (Å²) in [7, 11) is -3.27. The van der Waals surface area contributed by atoms with E-state index in [0.717, 1.165) is 33.9 Å². The number of hydrogen-bond acceptors (Lipinski definition) is 4. The van der Waals surface area contributed by atoms with Gasteiger partial charge in [0.15, 0.2) is 9.84 Å². The van der Waals surface area contributed by atoms with Crippen LogP contribution in [0.4, 0.5) is 0 Å². The monoisotopic (exact) mass is 447 g/mol. The fourth-order valence-electron chi connectivity index (χ4n) is 3.68. The third-order valence-electron chi connectivity index (χ3n) is 5.48. The molecule has 0 aliphatic rings. The van der Waals surface area contributed by atoms with E-state index in [1.54, 1.807) is 47.2 Å². The van der Waals surface area contributed by atoms with Gasteiger partial charge in [-0.2, -0.15) is 0 Å². The lowest BCUT2D eigenvalue weighted by molar-refractivity contribution is 0.0697. The Hall–Kier alpha value is -3.71. The summed E-state index contributed by atoms with van der Waals surface area (Å²) in [6.45, 7) is 2.23. The molecule has 0 bridgehead atoms. The quantitative estimate of drug-likeness (QED) is 0.497. The van der Waals surface area contributed by atoms with Gasteiger partial charge in [0.2, 0.25) is 0 Å². The average molecular weight is 448 g/mol. The molecule has 162 valence electrons. The van der Waals surface area contributed by atoms with Crippen molar-refractivity contribution in [1.29, 1.82) is 0 Å². The van der Waals surface area contributed by atoms with E-state index in [4.69, 9.17) is 0 Å². The van der Waals surface area contributed by atoms with Gasteiger partial charge in [-0.3, -0.25) is 4.79 Å². The second-order valence-electron chi connectivity index (χ2n) is 7.80. The van der Waals surface area contributed by atoms with Gasteiger partial charge in [0.25, 0.3) is 5.56 Å². The Labute approximate surface area is 185 Å². The first-order valence-corrected chi connectivity index (χ1v) is 11.8. The number of benzene rings is 3. The number of hydrogen-bond donors (Lipinski definition) is 1. The number of fused-ring (bicyclic) bond motifs is 1. The molecule has 1 N–H and O–H groups in total. The molecule has 0 amide bonds. The number of rotatable bonds is 5. The Morgan fingerprint density at radius 3 is 2.34 bits per heavy atom. The van der Waals surface area contributed by atoms with Gasteiger partial charge in [-0.1, -0.05) is 24.3 Å². The number of aromatic carboxylic acids is 1. The first-order valence-electron chi connectivity index (χ1n) is 9.90. The van der Waals surface area contributed by atoms with Gasteiger partial charge in [0, 0.05) is 17.8 Å². The number of carbonyl (C=O) groups is 1. The molecule has 4 rings (SSSR count). The van der Waals surface area contributed by atoms with Gasteiger partial charge in [-0.05, 0) is 77.0 Å². The Kier molecular flexibility index (Phi) is 5.44. The van der Waals surface area contributed by atoms with Gasteiger partial charge in [-0.25, -0.2) is 13.2 Å². The van der Waals surface area contributed by atoms with Crippen LogP contribution >= 0.6 is 0 Å². The molecular formula is C25H21NO5S. The smallest absolute Gasteiger partial charge is 0.335 e. The maximum absolute atomic E-state index is 13.0. The lowest BCUT2D eigenvalue weighted by Gasteiger charge is -2.11. The second kappa shape index (κ2) is 8.09. The summed E-state index contributed by atoms with van der Waals surface area (Å²) in [6.07, 6.45) is 2.86. The van der Waals surface area contributed by atoms with Crippen LogP contribution in [0.15, 0.2) is 82.6 Å². The summed E-state index contributed by atoms with van der Waals surface area (Å²) < 4.78 is 24.8. The predicted molar refractivity (Wildman–Crippen MR) is 124 cm³/mol. The van der Waals surface area contributed by atoms with Crippen LogP contribution in [0.5, 0.6) is 0 Å². The number of carboxylic acid groups (broad SMARTS) is 1. The summed E-state index contributed by atoms with van der Waals surface area (Å²) in [4.78, 5) is 24.6. The molecule has 0 aliphatic heterocycles. The molecule has 0 spiro atoms. The summed E-state index contributed by atoms with van der Waals surface area (Å²) in [5.74, 6) is -0.987. The number of pyridine rings is 1. The van der Waals surface area contributed by atoms with Crippen molar-refractivity contribution in [3.8, 4) is 11.1 Å². The van der Waals surface area contributed by atoms with Crippen molar-refractivity contribution in [2.45, 2.75) is 18.4 Å². The van der Waals surface area contributed by atoms with E-state index in [1.165, 1.54) is 12.1 Å². The Balaban J connectivity index is 1.70. The minimum absolute atomic E-state index is 0.155. The fraction of sp³-hybridized carbons (Fsp3) is 0.120. The Morgan fingerprint density at radius 1 is 0.969 bits per heavy atom. The molecule has 0 saturated carbocycles. The molecule has 1 aromatic heterocycles. The van der Waals surface area contributed by atoms with Crippen LogP contribution in [0.3, 0.4) is 0 Å². The van der Waals surface area contributed by atoms with E-state index in [2.05, 4.69) is 0 Å². The third kappa shape index (κ3) is 4.20. The lowest BCUT2D eigenvalue weighted by atomic mass is 9.96. The number of aromatic nitrogens is 1. The van der Waals surface area contributed by atoms with Crippen LogP contribution in [0.25, 0.3) is 21.9 Å². The van der Waals surface area contributed by atoms with Crippen molar-refractivity contribution in [3.05, 3.63) is 100.0 Å². The minimum atomic E-state index is -3.27. The SMILES string of the molecule is Cc1ccc(C(=O)O)cc1-c1ccc2c(=O)n(Cc3ccc(S(C)(=O)=O)cc3)ccc2c1. The van der Waals surface area contributed by atoms with Crippen molar-refractivity contribution < 1.29 is 18.3 Å². The third-order valence-corrected chi connectivity index (χ3v) is 6.61. The van der Waals surface area contributed by atoms with Gasteiger partial charge < -0.3 is 9.67 Å². The van der Waals surface area contributed by atoms with Gasteiger partial charge >= 0.3 is 5.97 Å². The highest BCUT2D eigenvalue weighted by Gasteiger charge is 2.11. The molecule has 0 atom stereocenters. The number of aryl methyl sites for hydroxylation is 1. The van der Waals surface area contributed by atoms with E-state index >= 15 is 0 Å². The summed E-state index contributed by atoms with van der Waals surface area (Å²) >= 11 is 0. The normalized spacial score (nSPS) is 11.6. The summed E-state index contributed by atoms with van der Waals surface area (Å²) in [5, 5.41) is 10.6. The highest BCUT2D eigenvalue weighted by molar-refractivity contribution is 7.90. The number of nitrogens with zero attached hydrogens (tertiary/aromatic N) is 1. The molecule has 0 radical (unpaired) electrons. The van der Waals surface area contributed by atoms with E-state index in [-0.39, 0.29) is 16.0 Å². The maximum Gasteiger partial charge on any atom is 0.335 e. The van der Waals surface area contributed by atoms with E-state index in [0.29, 0.717) is 11.9 Å². The molecule has 6 nitrogen and oxygen atoms in total. The fourth-order valence-corrected chi connectivity index (χ4v) is 4.32. The zero-order valence-corrected chi connectivity index (χ0v) is 18.4. The molecule has 0 fully saturated rings. The summed E-state index contributed by atoms with van der Waals surface area (Å²) in [6, 6.07) is 18.8. The number of sulfone groups is 1. The zero-order valence-electron chi connectivity index (χ0n) is 17.6. The molecule has 0 saturated heterocycles. The van der Waals surface area contributed by atoms with E-state index in [9.17, 15) is 23.1 Å². The molecule has 4 aromatic rings. The van der Waals surface area contributed by atoms with Gasteiger partial charge in [-0.15, -0.1) is 0 Å².